The molecule has 3 rings (SSSR count). The molecule has 0 aliphatic carbocycles. The molecule has 1 aliphatic heterocycles. The van der Waals surface area contributed by atoms with Gasteiger partial charge in [0.1, 0.15) is 0 Å². The molecule has 0 saturated carbocycles. The Kier molecular flexibility index (Phi) is 6.23. The van der Waals surface area contributed by atoms with E-state index in [0.717, 1.165) is 17.7 Å². The van der Waals surface area contributed by atoms with E-state index < -0.39 is 0 Å². The predicted molar refractivity (Wildman–Crippen MR) is 114 cm³/mol. The summed E-state index contributed by atoms with van der Waals surface area (Å²) in [5.41, 5.74) is 2.77. The number of benzene rings is 2. The third-order valence-corrected chi connectivity index (χ3v) is 5.49. The number of hydrogen-bond donors (Lipinski definition) is 2. The fourth-order valence-electron chi connectivity index (χ4n) is 2.49. The fraction of sp³-hybridized carbons (Fsp3) is 0.200. The van der Waals surface area contributed by atoms with Crippen molar-refractivity contribution in [2.24, 2.45) is 4.99 Å². The second-order valence-electron chi connectivity index (χ2n) is 5.78. The maximum absolute atomic E-state index is 12.3. The van der Waals surface area contributed by atoms with Crippen molar-refractivity contribution in [2.75, 3.05) is 6.61 Å². The Hall–Kier alpha value is -2.25. The van der Waals surface area contributed by atoms with Gasteiger partial charge in [0.15, 0.2) is 16.7 Å². The molecule has 0 spiro atoms. The highest BCUT2D eigenvalue weighted by Crippen LogP contribution is 2.36. The summed E-state index contributed by atoms with van der Waals surface area (Å²) in [6.07, 6.45) is 2.72. The molecule has 1 aliphatic rings. The van der Waals surface area contributed by atoms with Gasteiger partial charge in [0.25, 0.3) is 5.91 Å². The molecule has 2 aromatic carbocycles. The molecular weight excluding hydrogens is 428 g/mol. The van der Waals surface area contributed by atoms with Crippen molar-refractivity contribution in [3.05, 3.63) is 56.9 Å². The van der Waals surface area contributed by atoms with Crippen molar-refractivity contribution >= 4 is 50.5 Å². The van der Waals surface area contributed by atoms with Crippen LogP contribution in [0.15, 0.2) is 50.8 Å². The molecule has 0 aromatic heterocycles. The number of aromatic hydroxyl groups is 1. The number of nitrogens with one attached hydrogen (secondary N) is 1. The van der Waals surface area contributed by atoms with Crippen LogP contribution in [-0.4, -0.2) is 22.8 Å². The Balaban J connectivity index is 1.84. The Labute approximate surface area is 170 Å². The number of phenols is 1. The van der Waals surface area contributed by atoms with Gasteiger partial charge in [-0.2, -0.15) is 0 Å². The van der Waals surface area contributed by atoms with E-state index in [1.54, 1.807) is 18.2 Å². The lowest BCUT2D eigenvalue weighted by Gasteiger charge is -2.08. The first-order valence-corrected chi connectivity index (χ1v) is 10.1. The van der Waals surface area contributed by atoms with Crippen LogP contribution in [0.4, 0.5) is 5.69 Å². The number of hydrogen-bond acceptors (Lipinski definition) is 5. The van der Waals surface area contributed by atoms with Crippen LogP contribution in [0.3, 0.4) is 0 Å². The molecule has 7 heteroatoms. The molecule has 27 heavy (non-hydrogen) atoms. The zero-order valence-electron chi connectivity index (χ0n) is 15.0. The second-order valence-corrected chi connectivity index (χ2v) is 7.66. The highest BCUT2D eigenvalue weighted by molar-refractivity contribution is 9.10. The topological polar surface area (TPSA) is 70.9 Å². The number of nitrogens with zero attached hydrogens (tertiary/aromatic N) is 1. The van der Waals surface area contributed by atoms with E-state index in [9.17, 15) is 9.90 Å². The van der Waals surface area contributed by atoms with Crippen LogP contribution < -0.4 is 10.1 Å². The first-order valence-electron chi connectivity index (χ1n) is 8.54. The number of rotatable bonds is 5. The van der Waals surface area contributed by atoms with Crippen molar-refractivity contribution in [1.29, 1.82) is 0 Å². The summed E-state index contributed by atoms with van der Waals surface area (Å²) >= 11 is 4.69. The number of aliphatic imine (C=N–C) groups is 1. The largest absolute Gasteiger partial charge is 0.504 e. The molecule has 2 N–H and O–H groups in total. The Morgan fingerprint density at radius 1 is 1.26 bits per heavy atom. The third-order valence-electron chi connectivity index (χ3n) is 3.89. The van der Waals surface area contributed by atoms with E-state index in [1.165, 1.54) is 17.3 Å². The lowest BCUT2D eigenvalue weighted by atomic mass is 10.2. The minimum absolute atomic E-state index is 0.0483. The van der Waals surface area contributed by atoms with Crippen molar-refractivity contribution in [1.82, 2.24) is 5.32 Å². The van der Waals surface area contributed by atoms with Gasteiger partial charge in [0, 0.05) is 4.47 Å². The summed E-state index contributed by atoms with van der Waals surface area (Å²) < 4.78 is 6.08. The van der Waals surface area contributed by atoms with Crippen LogP contribution in [-0.2, 0) is 11.2 Å². The van der Waals surface area contributed by atoms with E-state index >= 15 is 0 Å². The quantitative estimate of drug-likeness (QED) is 0.633. The van der Waals surface area contributed by atoms with Crippen LogP contribution in [0.25, 0.3) is 6.08 Å². The number of amides is 1. The molecule has 2 aromatic rings. The van der Waals surface area contributed by atoms with Crippen molar-refractivity contribution in [2.45, 2.75) is 20.3 Å². The molecule has 0 unspecified atom stereocenters. The SMILES string of the molecule is CCOc1cc(/C=C2/SC(=Nc3ccc(CC)cc3)NC2=O)c(Br)cc1O. The summed E-state index contributed by atoms with van der Waals surface area (Å²) in [7, 11) is 0. The zero-order chi connectivity index (χ0) is 19.4. The monoisotopic (exact) mass is 446 g/mol. The number of phenolic OH excluding ortho intramolecular Hbond substituents is 1. The number of carbonyl (C=O) groups is 1. The molecule has 5 nitrogen and oxygen atoms in total. The van der Waals surface area contributed by atoms with Gasteiger partial charge in [-0.15, -0.1) is 0 Å². The van der Waals surface area contributed by atoms with Gasteiger partial charge < -0.3 is 15.2 Å². The lowest BCUT2D eigenvalue weighted by molar-refractivity contribution is -0.115. The van der Waals surface area contributed by atoms with Gasteiger partial charge in [-0.25, -0.2) is 4.99 Å². The predicted octanol–water partition coefficient (Wildman–Crippen LogP) is 5.01. The minimum Gasteiger partial charge on any atom is -0.504 e. The van der Waals surface area contributed by atoms with Crippen molar-refractivity contribution in [3.8, 4) is 11.5 Å². The van der Waals surface area contributed by atoms with E-state index in [0.29, 0.717) is 26.9 Å². The van der Waals surface area contributed by atoms with Crippen molar-refractivity contribution in [3.63, 3.8) is 0 Å². The van der Waals surface area contributed by atoms with Gasteiger partial charge >= 0.3 is 0 Å². The highest BCUT2D eigenvalue weighted by atomic mass is 79.9. The summed E-state index contributed by atoms with van der Waals surface area (Å²) in [6, 6.07) is 11.2. The number of carbonyl (C=O) groups excluding carboxylic acids is 1. The van der Waals surface area contributed by atoms with Crippen LogP contribution in [0.2, 0.25) is 0 Å². The summed E-state index contributed by atoms with van der Waals surface area (Å²) in [6.45, 7) is 4.38. The highest BCUT2D eigenvalue weighted by Gasteiger charge is 2.24. The molecule has 140 valence electrons. The summed E-state index contributed by atoms with van der Waals surface area (Å²) in [5, 5.41) is 13.2. The first kappa shape index (κ1) is 19.5. The average Bonchev–Trinajstić information content (AvgIpc) is 2.99. The van der Waals surface area contributed by atoms with Crippen LogP contribution >= 0.6 is 27.7 Å². The van der Waals surface area contributed by atoms with Gasteiger partial charge in [0.2, 0.25) is 0 Å². The number of aryl methyl sites for hydroxylation is 1. The van der Waals surface area contributed by atoms with Crippen molar-refractivity contribution < 1.29 is 14.6 Å². The standard InChI is InChI=1S/C20H19BrN2O3S/c1-3-12-5-7-14(8-6-12)22-20-23-19(25)18(27-20)10-13-9-17(26-4-2)16(24)11-15(13)21/h5-11,24H,3-4H2,1-2H3,(H,22,23,25)/b18-10+. The second kappa shape index (κ2) is 8.63. The number of thioether (sulfide) groups is 1. The lowest BCUT2D eigenvalue weighted by Crippen LogP contribution is -2.19. The van der Waals surface area contributed by atoms with Crippen LogP contribution in [0, 0.1) is 0 Å². The number of amidine groups is 1. The zero-order valence-corrected chi connectivity index (χ0v) is 17.4. The molecule has 0 atom stereocenters. The normalized spacial score (nSPS) is 16.8. The molecule has 0 radical (unpaired) electrons. The van der Waals surface area contributed by atoms with E-state index in [4.69, 9.17) is 4.74 Å². The van der Waals surface area contributed by atoms with Crippen LogP contribution in [0.5, 0.6) is 11.5 Å². The average molecular weight is 447 g/mol. The molecular formula is C20H19BrN2O3S. The smallest absolute Gasteiger partial charge is 0.264 e. The molecule has 0 bridgehead atoms. The summed E-state index contributed by atoms with van der Waals surface area (Å²) in [4.78, 5) is 17.3. The van der Waals surface area contributed by atoms with Gasteiger partial charge in [0.05, 0.1) is 17.2 Å². The van der Waals surface area contributed by atoms with E-state index in [-0.39, 0.29) is 11.7 Å². The molecule has 1 amide bonds. The van der Waals surface area contributed by atoms with Crippen LogP contribution in [0.1, 0.15) is 25.0 Å². The molecule has 1 heterocycles. The third kappa shape index (κ3) is 4.73. The molecule has 1 saturated heterocycles. The summed E-state index contributed by atoms with van der Waals surface area (Å²) in [5.74, 6) is 0.218. The Morgan fingerprint density at radius 2 is 2.00 bits per heavy atom. The first-order chi connectivity index (χ1) is 13.0. The number of ether oxygens (including phenoxy) is 1. The van der Waals surface area contributed by atoms with Gasteiger partial charge in [-0.3, -0.25) is 4.79 Å². The maximum Gasteiger partial charge on any atom is 0.264 e. The van der Waals surface area contributed by atoms with E-state index in [1.807, 2.05) is 31.2 Å². The minimum atomic E-state index is -0.207. The fourth-order valence-corrected chi connectivity index (χ4v) is 3.76. The Morgan fingerprint density at radius 3 is 2.67 bits per heavy atom. The maximum atomic E-state index is 12.3. The van der Waals surface area contributed by atoms with E-state index in [2.05, 4.69) is 33.2 Å². The number of halogens is 1. The molecule has 1 fully saturated rings. The van der Waals surface area contributed by atoms with Gasteiger partial charge in [-0.1, -0.05) is 35.0 Å². The van der Waals surface area contributed by atoms with Gasteiger partial charge in [-0.05, 0) is 66.6 Å². The Bertz CT molecular complexity index is 924.